The number of carbonyl (C=O) groups excluding carboxylic acids is 1. The number of ether oxygens (including phenoxy) is 3. The minimum Gasteiger partial charge on any atom is -0.463 e. The molecule has 0 fully saturated rings. The van der Waals surface area contributed by atoms with Gasteiger partial charge in [-0.05, 0) is 12.3 Å². The molecule has 0 aliphatic carbocycles. The van der Waals surface area contributed by atoms with E-state index >= 15 is 0 Å². The van der Waals surface area contributed by atoms with Gasteiger partial charge >= 0.3 is 5.97 Å². The molecule has 0 aromatic carbocycles. The summed E-state index contributed by atoms with van der Waals surface area (Å²) in [6.45, 7) is 12.2. The van der Waals surface area contributed by atoms with Crippen LogP contribution in [-0.4, -0.2) is 32.6 Å². The molecule has 1 atom stereocenters. The topological polar surface area (TPSA) is 44.8 Å². The Bertz CT molecular complexity index is 253. The van der Waals surface area contributed by atoms with E-state index in [1.165, 1.54) is 0 Å². The van der Waals surface area contributed by atoms with Gasteiger partial charge in [-0.25, -0.2) is 4.79 Å². The smallest absolute Gasteiger partial charge is 0.333 e. The predicted molar refractivity (Wildman–Crippen MR) is 66.6 cm³/mol. The lowest BCUT2D eigenvalue weighted by Crippen LogP contribution is -2.31. The third-order valence-corrected chi connectivity index (χ3v) is 2.35. The van der Waals surface area contributed by atoms with Gasteiger partial charge in [0, 0.05) is 19.1 Å². The third kappa shape index (κ3) is 6.44. The van der Waals surface area contributed by atoms with Gasteiger partial charge in [0.25, 0.3) is 0 Å². The van der Waals surface area contributed by atoms with Crippen LogP contribution in [-0.2, 0) is 19.0 Å². The normalized spacial score (nSPS) is 13.2. The minimum atomic E-state index is -0.359. The quantitative estimate of drug-likeness (QED) is 0.392. The van der Waals surface area contributed by atoms with Crippen molar-refractivity contribution in [2.24, 2.45) is 5.41 Å². The van der Waals surface area contributed by atoms with Crippen molar-refractivity contribution in [2.45, 2.75) is 40.2 Å². The summed E-state index contributed by atoms with van der Waals surface area (Å²) in [5, 5.41) is 0. The summed E-state index contributed by atoms with van der Waals surface area (Å²) in [5.74, 6) is -0.359. The SMILES string of the molecule is C=C(C[C@H](OCOC)C(C)(C)C)C(=O)OCC. The summed E-state index contributed by atoms with van der Waals surface area (Å²) >= 11 is 0. The van der Waals surface area contributed by atoms with Crippen LogP contribution in [0.15, 0.2) is 12.2 Å². The van der Waals surface area contributed by atoms with Gasteiger partial charge in [0.15, 0.2) is 0 Å². The van der Waals surface area contributed by atoms with Gasteiger partial charge in [-0.1, -0.05) is 27.4 Å². The number of hydrogen-bond donors (Lipinski definition) is 0. The first-order chi connectivity index (χ1) is 7.82. The summed E-state index contributed by atoms with van der Waals surface area (Å²) in [6.07, 6.45) is 0.324. The molecule has 0 aromatic rings. The maximum atomic E-state index is 11.5. The molecule has 0 unspecified atom stereocenters. The van der Waals surface area contributed by atoms with E-state index < -0.39 is 0 Å². The predicted octanol–water partition coefficient (Wildman–Crippen LogP) is 2.53. The van der Waals surface area contributed by atoms with E-state index in [0.29, 0.717) is 18.6 Å². The molecule has 0 aromatic heterocycles. The Morgan fingerprint density at radius 3 is 2.35 bits per heavy atom. The maximum Gasteiger partial charge on any atom is 0.333 e. The molecule has 0 radical (unpaired) electrons. The van der Waals surface area contributed by atoms with E-state index in [9.17, 15) is 4.79 Å². The van der Waals surface area contributed by atoms with Crippen molar-refractivity contribution in [3.05, 3.63) is 12.2 Å². The lowest BCUT2D eigenvalue weighted by atomic mass is 9.85. The summed E-state index contributed by atoms with van der Waals surface area (Å²) in [5.41, 5.74) is 0.344. The zero-order chi connectivity index (χ0) is 13.5. The molecule has 0 rings (SSSR count). The average molecular weight is 244 g/mol. The summed E-state index contributed by atoms with van der Waals surface area (Å²) in [6, 6.07) is 0. The van der Waals surface area contributed by atoms with Crippen LogP contribution in [0.1, 0.15) is 34.1 Å². The van der Waals surface area contributed by atoms with Gasteiger partial charge in [0.2, 0.25) is 0 Å². The third-order valence-electron chi connectivity index (χ3n) is 2.35. The zero-order valence-electron chi connectivity index (χ0n) is 11.5. The standard InChI is InChI=1S/C13H24O4/c1-7-16-12(14)10(2)8-11(13(3,4)5)17-9-15-6/h11H,2,7-9H2,1,3-6H3/t11-/m0/s1. The van der Waals surface area contributed by atoms with Crippen molar-refractivity contribution in [3.8, 4) is 0 Å². The van der Waals surface area contributed by atoms with Gasteiger partial charge in [-0.3, -0.25) is 0 Å². The number of esters is 1. The monoisotopic (exact) mass is 244 g/mol. The Morgan fingerprint density at radius 2 is 1.94 bits per heavy atom. The minimum absolute atomic E-state index is 0.0893. The molecule has 0 amide bonds. The van der Waals surface area contributed by atoms with E-state index in [1.807, 2.05) is 20.8 Å². The van der Waals surface area contributed by atoms with E-state index in [4.69, 9.17) is 14.2 Å². The van der Waals surface area contributed by atoms with E-state index in [1.54, 1.807) is 14.0 Å². The molecule has 4 heteroatoms. The van der Waals surface area contributed by atoms with E-state index in [-0.39, 0.29) is 24.3 Å². The highest BCUT2D eigenvalue weighted by Gasteiger charge is 2.27. The van der Waals surface area contributed by atoms with Crippen LogP contribution in [0, 0.1) is 5.41 Å². The molecule has 100 valence electrons. The molecule has 0 heterocycles. The molecular weight excluding hydrogens is 220 g/mol. The van der Waals surface area contributed by atoms with Gasteiger partial charge < -0.3 is 14.2 Å². The zero-order valence-corrected chi connectivity index (χ0v) is 11.5. The molecule has 4 nitrogen and oxygen atoms in total. The number of hydrogen-bond acceptors (Lipinski definition) is 4. The molecule has 0 aliphatic heterocycles. The number of methoxy groups -OCH3 is 1. The first-order valence-electron chi connectivity index (χ1n) is 5.78. The molecule has 0 spiro atoms. The molecule has 0 saturated carbocycles. The highest BCUT2D eigenvalue weighted by Crippen LogP contribution is 2.27. The van der Waals surface area contributed by atoms with Crippen LogP contribution < -0.4 is 0 Å². The van der Waals surface area contributed by atoms with Crippen molar-refractivity contribution in [3.63, 3.8) is 0 Å². The van der Waals surface area contributed by atoms with Gasteiger partial charge in [0.05, 0.1) is 12.7 Å². The van der Waals surface area contributed by atoms with Crippen molar-refractivity contribution >= 4 is 5.97 Å². The van der Waals surface area contributed by atoms with E-state index in [0.717, 1.165) is 0 Å². The molecule has 0 bridgehead atoms. The highest BCUT2D eigenvalue weighted by molar-refractivity contribution is 5.87. The van der Waals surface area contributed by atoms with Crippen molar-refractivity contribution in [1.82, 2.24) is 0 Å². The highest BCUT2D eigenvalue weighted by atomic mass is 16.7. The average Bonchev–Trinajstić information content (AvgIpc) is 2.22. The van der Waals surface area contributed by atoms with Crippen molar-refractivity contribution in [2.75, 3.05) is 20.5 Å². The Balaban J connectivity index is 4.43. The number of rotatable bonds is 7. The van der Waals surface area contributed by atoms with Crippen molar-refractivity contribution < 1.29 is 19.0 Å². The van der Waals surface area contributed by atoms with Crippen LogP contribution in [0.4, 0.5) is 0 Å². The molecule has 0 saturated heterocycles. The van der Waals surface area contributed by atoms with Crippen molar-refractivity contribution in [1.29, 1.82) is 0 Å². The largest absolute Gasteiger partial charge is 0.463 e. The van der Waals surface area contributed by atoms with Crippen LogP contribution in [0.3, 0.4) is 0 Å². The number of carbonyl (C=O) groups is 1. The lowest BCUT2D eigenvalue weighted by molar-refractivity contribution is -0.140. The molecular formula is C13H24O4. The first-order valence-corrected chi connectivity index (χ1v) is 5.78. The van der Waals surface area contributed by atoms with Gasteiger partial charge in [-0.2, -0.15) is 0 Å². The lowest BCUT2D eigenvalue weighted by Gasteiger charge is -2.30. The van der Waals surface area contributed by atoms with Crippen LogP contribution >= 0.6 is 0 Å². The van der Waals surface area contributed by atoms with Crippen LogP contribution in [0.2, 0.25) is 0 Å². The second-order valence-corrected chi connectivity index (χ2v) is 4.96. The Kier molecular flexibility index (Phi) is 7.07. The first kappa shape index (κ1) is 16.1. The molecule has 0 N–H and O–H groups in total. The molecule has 0 aliphatic rings. The Labute approximate surface area is 104 Å². The van der Waals surface area contributed by atoms with E-state index in [2.05, 4.69) is 6.58 Å². The van der Waals surface area contributed by atoms with Gasteiger partial charge in [-0.15, -0.1) is 0 Å². The summed E-state index contributed by atoms with van der Waals surface area (Å²) < 4.78 is 15.3. The fourth-order valence-corrected chi connectivity index (χ4v) is 1.31. The van der Waals surface area contributed by atoms with Gasteiger partial charge in [0.1, 0.15) is 6.79 Å². The Morgan fingerprint density at radius 1 is 1.35 bits per heavy atom. The summed E-state index contributed by atoms with van der Waals surface area (Å²) in [4.78, 5) is 11.5. The fourth-order valence-electron chi connectivity index (χ4n) is 1.31. The summed E-state index contributed by atoms with van der Waals surface area (Å²) in [7, 11) is 1.57. The Hall–Kier alpha value is -0.870. The van der Waals surface area contributed by atoms with Crippen LogP contribution in [0.5, 0.6) is 0 Å². The van der Waals surface area contributed by atoms with Crippen LogP contribution in [0.25, 0.3) is 0 Å². The second kappa shape index (κ2) is 7.45. The second-order valence-electron chi connectivity index (χ2n) is 4.96. The molecule has 17 heavy (non-hydrogen) atoms. The fraction of sp³-hybridized carbons (Fsp3) is 0.769. The maximum absolute atomic E-state index is 11.5.